The fraction of sp³-hybridized carbons (Fsp3) is 0.389. The quantitative estimate of drug-likeness (QED) is 0.306. The SMILES string of the molecule is O=P(O)(O)OC[C@H]1O[C@@H](n2cnc3c(N[C@H](CO)c4ccccc4)ncnc32)C[C@@H]1O. The monoisotopic (exact) mass is 451 g/mol. The van der Waals surface area contributed by atoms with E-state index >= 15 is 0 Å². The summed E-state index contributed by atoms with van der Waals surface area (Å²) in [5.41, 5.74) is 1.77. The third kappa shape index (κ3) is 4.91. The van der Waals surface area contributed by atoms with Crippen LogP contribution in [0.4, 0.5) is 5.82 Å². The molecular formula is C18H22N5O7P. The molecule has 0 unspecified atom stereocenters. The zero-order valence-corrected chi connectivity index (χ0v) is 17.1. The minimum atomic E-state index is -4.67. The predicted molar refractivity (Wildman–Crippen MR) is 108 cm³/mol. The maximum Gasteiger partial charge on any atom is 0.469 e. The van der Waals surface area contributed by atoms with Crippen LogP contribution < -0.4 is 5.32 Å². The Morgan fingerprint density at radius 2 is 2.03 bits per heavy atom. The van der Waals surface area contributed by atoms with E-state index in [0.717, 1.165) is 5.56 Å². The molecule has 4 atom stereocenters. The Balaban J connectivity index is 1.54. The van der Waals surface area contributed by atoms with Crippen LogP contribution in [0.25, 0.3) is 11.2 Å². The number of ether oxygens (including phenoxy) is 1. The molecule has 0 saturated carbocycles. The second-order valence-electron chi connectivity index (χ2n) is 7.06. The third-order valence-electron chi connectivity index (χ3n) is 4.98. The summed E-state index contributed by atoms with van der Waals surface area (Å²) in [7, 11) is -4.67. The normalized spacial score (nSPS) is 22.6. The lowest BCUT2D eigenvalue weighted by Gasteiger charge is -2.18. The van der Waals surface area contributed by atoms with E-state index in [0.29, 0.717) is 17.0 Å². The lowest BCUT2D eigenvalue weighted by Crippen LogP contribution is -2.25. The van der Waals surface area contributed by atoms with E-state index in [2.05, 4.69) is 24.8 Å². The van der Waals surface area contributed by atoms with E-state index in [9.17, 15) is 14.8 Å². The van der Waals surface area contributed by atoms with Crippen LogP contribution in [-0.2, 0) is 13.8 Å². The Kier molecular flexibility index (Phi) is 6.30. The number of phosphoric ester groups is 1. The molecule has 0 spiro atoms. The number of benzene rings is 1. The number of imidazole rings is 1. The minimum absolute atomic E-state index is 0.157. The van der Waals surface area contributed by atoms with Gasteiger partial charge in [0, 0.05) is 6.42 Å². The maximum atomic E-state index is 10.9. The minimum Gasteiger partial charge on any atom is -0.394 e. The van der Waals surface area contributed by atoms with E-state index in [1.165, 1.54) is 12.7 Å². The van der Waals surface area contributed by atoms with Gasteiger partial charge in [0.2, 0.25) is 0 Å². The first-order valence-corrected chi connectivity index (χ1v) is 11.0. The summed E-state index contributed by atoms with van der Waals surface area (Å²) in [5, 5.41) is 23.2. The largest absolute Gasteiger partial charge is 0.469 e. The highest BCUT2D eigenvalue weighted by Gasteiger charge is 2.37. The molecule has 3 heterocycles. The van der Waals surface area contributed by atoms with Gasteiger partial charge in [-0.25, -0.2) is 19.5 Å². The summed E-state index contributed by atoms with van der Waals surface area (Å²) in [6, 6.07) is 9.01. The topological polar surface area (TPSA) is 172 Å². The number of phosphoric acid groups is 1. The summed E-state index contributed by atoms with van der Waals surface area (Å²) in [5.74, 6) is 0.423. The summed E-state index contributed by atoms with van der Waals surface area (Å²) < 4.78 is 22.7. The lowest BCUT2D eigenvalue weighted by atomic mass is 10.1. The molecule has 2 aromatic heterocycles. The van der Waals surface area contributed by atoms with Crippen LogP contribution in [0.2, 0.25) is 0 Å². The van der Waals surface area contributed by atoms with Crippen molar-refractivity contribution in [3.8, 4) is 0 Å². The molecule has 0 aliphatic carbocycles. The highest BCUT2D eigenvalue weighted by atomic mass is 31.2. The average Bonchev–Trinajstić information content (AvgIpc) is 3.34. The molecule has 1 aliphatic rings. The van der Waals surface area contributed by atoms with Crippen molar-refractivity contribution in [2.75, 3.05) is 18.5 Å². The van der Waals surface area contributed by atoms with Gasteiger partial charge in [0.05, 0.1) is 31.7 Å². The molecule has 0 bridgehead atoms. The van der Waals surface area contributed by atoms with E-state index < -0.39 is 38.9 Å². The van der Waals surface area contributed by atoms with E-state index in [-0.39, 0.29) is 13.0 Å². The van der Waals surface area contributed by atoms with E-state index in [4.69, 9.17) is 14.5 Å². The van der Waals surface area contributed by atoms with Crippen molar-refractivity contribution in [2.45, 2.75) is 30.9 Å². The number of aromatic nitrogens is 4. The van der Waals surface area contributed by atoms with Crippen LogP contribution in [0.5, 0.6) is 0 Å². The van der Waals surface area contributed by atoms with Crippen LogP contribution in [0.1, 0.15) is 24.3 Å². The highest BCUT2D eigenvalue weighted by Crippen LogP contribution is 2.38. The number of fused-ring (bicyclic) bond motifs is 1. The summed E-state index contributed by atoms with van der Waals surface area (Å²) in [6.45, 7) is -0.610. The van der Waals surface area contributed by atoms with Gasteiger partial charge in [0.1, 0.15) is 18.7 Å². The molecule has 5 N–H and O–H groups in total. The van der Waals surface area contributed by atoms with Crippen LogP contribution in [0.3, 0.4) is 0 Å². The van der Waals surface area contributed by atoms with Gasteiger partial charge >= 0.3 is 7.82 Å². The highest BCUT2D eigenvalue weighted by molar-refractivity contribution is 7.46. The number of nitrogens with zero attached hydrogens (tertiary/aromatic N) is 4. The van der Waals surface area contributed by atoms with Gasteiger partial charge in [-0.3, -0.25) is 9.09 Å². The van der Waals surface area contributed by atoms with Gasteiger partial charge < -0.3 is 30.1 Å². The van der Waals surface area contributed by atoms with Gasteiger partial charge in [-0.05, 0) is 5.56 Å². The zero-order valence-electron chi connectivity index (χ0n) is 16.2. The second-order valence-corrected chi connectivity index (χ2v) is 8.29. The number of hydrogen-bond donors (Lipinski definition) is 5. The van der Waals surface area contributed by atoms with Crippen molar-refractivity contribution in [2.24, 2.45) is 0 Å². The van der Waals surface area contributed by atoms with Gasteiger partial charge in [-0.2, -0.15) is 0 Å². The fourth-order valence-electron chi connectivity index (χ4n) is 3.46. The van der Waals surface area contributed by atoms with Crippen molar-refractivity contribution in [3.63, 3.8) is 0 Å². The van der Waals surface area contributed by atoms with E-state index in [1.807, 2.05) is 30.3 Å². The summed E-state index contributed by atoms with van der Waals surface area (Å²) in [6.07, 6.45) is 0.455. The van der Waals surface area contributed by atoms with E-state index in [1.54, 1.807) is 4.57 Å². The number of anilines is 1. The van der Waals surface area contributed by atoms with Gasteiger partial charge in [-0.15, -0.1) is 0 Å². The molecule has 1 saturated heterocycles. The van der Waals surface area contributed by atoms with Crippen molar-refractivity contribution in [3.05, 3.63) is 48.5 Å². The Hall–Kier alpha value is -2.44. The molecule has 31 heavy (non-hydrogen) atoms. The molecule has 3 aromatic rings. The zero-order chi connectivity index (χ0) is 22.0. The molecule has 1 fully saturated rings. The van der Waals surface area contributed by atoms with Gasteiger partial charge in [0.15, 0.2) is 17.0 Å². The number of hydrogen-bond acceptors (Lipinski definition) is 9. The second kappa shape index (κ2) is 8.97. The van der Waals surface area contributed by atoms with Gasteiger partial charge in [-0.1, -0.05) is 30.3 Å². The molecule has 166 valence electrons. The standard InChI is InChI=1S/C18H22N5O7P/c24-7-12(11-4-2-1-3-5-11)22-17-16-18(20-9-19-17)23(10-21-16)15-6-13(25)14(30-15)8-29-31(26,27)28/h1-5,9-10,12-15,24-25H,6-8H2,(H,19,20,22)(H2,26,27,28)/t12-,13+,14-,15-/m1/s1. The molecule has 13 heteroatoms. The van der Waals surface area contributed by atoms with Crippen LogP contribution >= 0.6 is 7.82 Å². The Morgan fingerprint density at radius 3 is 2.74 bits per heavy atom. The average molecular weight is 451 g/mol. The molecule has 12 nitrogen and oxygen atoms in total. The molecular weight excluding hydrogens is 429 g/mol. The maximum absolute atomic E-state index is 10.9. The number of nitrogens with one attached hydrogen (secondary N) is 1. The molecule has 0 amide bonds. The lowest BCUT2D eigenvalue weighted by molar-refractivity contribution is -0.0424. The summed E-state index contributed by atoms with van der Waals surface area (Å²) in [4.78, 5) is 30.6. The van der Waals surface area contributed by atoms with Crippen molar-refractivity contribution < 1.29 is 33.8 Å². The number of aliphatic hydroxyl groups excluding tert-OH is 2. The molecule has 4 rings (SSSR count). The molecule has 1 aromatic carbocycles. The number of rotatable bonds is 8. The van der Waals surface area contributed by atoms with Gasteiger partial charge in [0.25, 0.3) is 0 Å². The van der Waals surface area contributed by atoms with Crippen molar-refractivity contribution in [1.82, 2.24) is 19.5 Å². The van der Waals surface area contributed by atoms with Crippen LogP contribution in [-0.4, -0.2) is 64.9 Å². The van der Waals surface area contributed by atoms with Crippen molar-refractivity contribution in [1.29, 1.82) is 0 Å². The Morgan fingerprint density at radius 1 is 1.26 bits per heavy atom. The Bertz CT molecular complexity index is 1080. The van der Waals surface area contributed by atoms with Crippen LogP contribution in [0.15, 0.2) is 43.0 Å². The molecule has 0 radical (unpaired) electrons. The third-order valence-corrected chi connectivity index (χ3v) is 5.46. The van der Waals surface area contributed by atoms with Crippen molar-refractivity contribution >= 4 is 24.8 Å². The summed E-state index contributed by atoms with van der Waals surface area (Å²) >= 11 is 0. The number of aliphatic hydroxyl groups is 2. The molecule has 1 aliphatic heterocycles. The first-order chi connectivity index (χ1) is 14.9. The fourth-order valence-corrected chi connectivity index (χ4v) is 3.80. The smallest absolute Gasteiger partial charge is 0.394 e. The Labute approximate surface area is 176 Å². The first-order valence-electron chi connectivity index (χ1n) is 9.49. The van der Waals surface area contributed by atoms with Crippen LogP contribution in [0, 0.1) is 0 Å². The first kappa shape index (κ1) is 21.8. The predicted octanol–water partition coefficient (Wildman–Crippen LogP) is 0.729.